The summed E-state index contributed by atoms with van der Waals surface area (Å²) < 4.78 is 23.6. The summed E-state index contributed by atoms with van der Waals surface area (Å²) in [4.78, 5) is 1.07. The van der Waals surface area contributed by atoms with Gasteiger partial charge < -0.3 is 0 Å². The van der Waals surface area contributed by atoms with Gasteiger partial charge in [-0.05, 0) is 23.9 Å². The summed E-state index contributed by atoms with van der Waals surface area (Å²) >= 11 is 1.64. The van der Waals surface area contributed by atoms with Crippen LogP contribution in [-0.2, 0) is 9.84 Å². The minimum atomic E-state index is -2.96. The lowest BCUT2D eigenvalue weighted by molar-refractivity contribution is 0.538. The van der Waals surface area contributed by atoms with E-state index in [9.17, 15) is 8.42 Å². The van der Waals surface area contributed by atoms with Gasteiger partial charge in [-0.15, -0.1) is 11.3 Å². The zero-order valence-electron chi connectivity index (χ0n) is 10.1. The van der Waals surface area contributed by atoms with Crippen molar-refractivity contribution in [3.8, 4) is 0 Å². The van der Waals surface area contributed by atoms with Gasteiger partial charge in [-0.1, -0.05) is 18.2 Å². The van der Waals surface area contributed by atoms with Crippen LogP contribution in [0.3, 0.4) is 0 Å². The Labute approximate surface area is 111 Å². The molecule has 98 valence electrons. The number of thiophene rings is 1. The molecule has 4 nitrogen and oxygen atoms in total. The predicted molar refractivity (Wildman–Crippen MR) is 76.2 cm³/mol. The monoisotopic (exact) mass is 284 g/mol. The predicted octanol–water partition coefficient (Wildman–Crippen LogP) is 1.84. The van der Waals surface area contributed by atoms with Gasteiger partial charge in [0.25, 0.3) is 0 Å². The minimum Gasteiger partial charge on any atom is -0.271 e. The molecule has 0 saturated carbocycles. The molecule has 0 fully saturated rings. The molecule has 6 heteroatoms. The van der Waals surface area contributed by atoms with Gasteiger partial charge in [0.05, 0.1) is 11.8 Å². The Morgan fingerprint density at radius 2 is 2.11 bits per heavy atom. The summed E-state index contributed by atoms with van der Waals surface area (Å²) in [5.41, 5.74) is 2.70. The highest BCUT2D eigenvalue weighted by Crippen LogP contribution is 2.30. The lowest BCUT2D eigenvalue weighted by Crippen LogP contribution is -2.28. The van der Waals surface area contributed by atoms with E-state index in [0.717, 1.165) is 10.3 Å². The Morgan fingerprint density at radius 1 is 1.39 bits per heavy atom. The Kier molecular flexibility index (Phi) is 4.01. The molecule has 2 aromatic rings. The molecule has 0 aliphatic carbocycles. The van der Waals surface area contributed by atoms with Gasteiger partial charge in [0.2, 0.25) is 0 Å². The van der Waals surface area contributed by atoms with Crippen LogP contribution >= 0.6 is 11.3 Å². The molecule has 0 spiro atoms. The summed E-state index contributed by atoms with van der Waals surface area (Å²) in [7, 11) is -2.96. The summed E-state index contributed by atoms with van der Waals surface area (Å²) in [6, 6.07) is 10.0. The lowest BCUT2D eigenvalue weighted by Gasteiger charge is -2.12. The molecule has 0 bridgehead atoms. The van der Waals surface area contributed by atoms with E-state index in [1.807, 2.05) is 24.3 Å². The van der Waals surface area contributed by atoms with Crippen LogP contribution in [0.15, 0.2) is 30.3 Å². The molecule has 1 aromatic heterocycles. The minimum absolute atomic E-state index is 0.114. The Hall–Kier alpha value is -0.950. The van der Waals surface area contributed by atoms with Crippen molar-refractivity contribution >= 4 is 31.3 Å². The highest BCUT2D eigenvalue weighted by Gasteiger charge is 2.15. The largest absolute Gasteiger partial charge is 0.271 e. The summed E-state index contributed by atoms with van der Waals surface area (Å²) in [5.74, 6) is 5.65. The van der Waals surface area contributed by atoms with E-state index in [1.54, 1.807) is 11.3 Å². The van der Waals surface area contributed by atoms with Crippen LogP contribution in [0.4, 0.5) is 0 Å². The second-order valence-electron chi connectivity index (χ2n) is 4.32. The van der Waals surface area contributed by atoms with Crippen molar-refractivity contribution in [1.29, 1.82) is 0 Å². The zero-order chi connectivity index (χ0) is 13.2. The number of rotatable bonds is 5. The van der Waals surface area contributed by atoms with Crippen molar-refractivity contribution < 1.29 is 8.42 Å². The molecule has 3 N–H and O–H groups in total. The number of nitrogens with two attached hydrogens (primary N) is 1. The van der Waals surface area contributed by atoms with Crippen molar-refractivity contribution in [1.82, 2.24) is 5.43 Å². The van der Waals surface area contributed by atoms with Crippen molar-refractivity contribution in [2.45, 2.75) is 12.5 Å². The van der Waals surface area contributed by atoms with Gasteiger partial charge in [0.15, 0.2) is 0 Å². The topological polar surface area (TPSA) is 72.2 Å². The SMILES string of the molecule is CS(=O)(=O)CCC(NN)c1cc2ccccc2s1. The molecule has 0 radical (unpaired) electrons. The van der Waals surface area contributed by atoms with E-state index in [1.165, 1.54) is 11.0 Å². The van der Waals surface area contributed by atoms with Crippen molar-refractivity contribution in [2.24, 2.45) is 5.84 Å². The number of hydrazine groups is 1. The molecular weight excluding hydrogens is 268 g/mol. The van der Waals surface area contributed by atoms with Crippen LogP contribution in [0.25, 0.3) is 10.1 Å². The van der Waals surface area contributed by atoms with Gasteiger partial charge >= 0.3 is 0 Å². The van der Waals surface area contributed by atoms with E-state index in [-0.39, 0.29) is 11.8 Å². The van der Waals surface area contributed by atoms with Gasteiger partial charge in [0.1, 0.15) is 9.84 Å². The van der Waals surface area contributed by atoms with Crippen LogP contribution in [-0.4, -0.2) is 20.4 Å². The van der Waals surface area contributed by atoms with Gasteiger partial charge in [-0.3, -0.25) is 11.3 Å². The third-order valence-corrected chi connectivity index (χ3v) is 4.97. The fourth-order valence-electron chi connectivity index (χ4n) is 1.81. The molecule has 1 unspecified atom stereocenters. The molecule has 0 aliphatic rings. The number of benzene rings is 1. The van der Waals surface area contributed by atoms with Gasteiger partial charge in [-0.25, -0.2) is 8.42 Å². The number of hydrogen-bond donors (Lipinski definition) is 2. The number of sulfone groups is 1. The summed E-state index contributed by atoms with van der Waals surface area (Å²) in [5, 5.41) is 1.16. The Balaban J connectivity index is 2.21. The quantitative estimate of drug-likeness (QED) is 0.649. The Bertz CT molecular complexity index is 601. The van der Waals surface area contributed by atoms with Crippen molar-refractivity contribution in [3.63, 3.8) is 0 Å². The maximum atomic E-state index is 11.2. The molecular formula is C12H16N2O2S2. The van der Waals surface area contributed by atoms with Crippen LogP contribution in [0.1, 0.15) is 17.3 Å². The van der Waals surface area contributed by atoms with Crippen LogP contribution < -0.4 is 11.3 Å². The number of nitrogens with one attached hydrogen (secondary N) is 1. The van der Waals surface area contributed by atoms with Gasteiger partial charge in [0, 0.05) is 15.8 Å². The average molecular weight is 284 g/mol. The second-order valence-corrected chi connectivity index (χ2v) is 7.70. The maximum Gasteiger partial charge on any atom is 0.147 e. The smallest absolute Gasteiger partial charge is 0.147 e. The van der Waals surface area contributed by atoms with E-state index >= 15 is 0 Å². The maximum absolute atomic E-state index is 11.2. The molecule has 0 amide bonds. The average Bonchev–Trinajstić information content (AvgIpc) is 2.71. The van der Waals surface area contributed by atoms with E-state index in [2.05, 4.69) is 11.5 Å². The normalized spacial score (nSPS) is 13.9. The lowest BCUT2D eigenvalue weighted by atomic mass is 10.2. The molecule has 0 saturated heterocycles. The molecule has 2 rings (SSSR count). The summed E-state index contributed by atoms with van der Waals surface area (Å²) in [6.07, 6.45) is 1.73. The fourth-order valence-corrected chi connectivity index (χ4v) is 3.64. The van der Waals surface area contributed by atoms with Crippen LogP contribution in [0.2, 0.25) is 0 Å². The Morgan fingerprint density at radius 3 is 2.72 bits per heavy atom. The third kappa shape index (κ3) is 3.29. The molecule has 0 aliphatic heterocycles. The first-order chi connectivity index (χ1) is 8.49. The third-order valence-electron chi connectivity index (χ3n) is 2.77. The first-order valence-corrected chi connectivity index (χ1v) is 8.49. The second kappa shape index (κ2) is 5.36. The fraction of sp³-hybridized carbons (Fsp3) is 0.333. The van der Waals surface area contributed by atoms with E-state index < -0.39 is 9.84 Å². The zero-order valence-corrected chi connectivity index (χ0v) is 11.7. The van der Waals surface area contributed by atoms with Crippen molar-refractivity contribution in [3.05, 3.63) is 35.2 Å². The van der Waals surface area contributed by atoms with E-state index in [4.69, 9.17) is 5.84 Å². The molecule has 1 heterocycles. The number of fused-ring (bicyclic) bond motifs is 1. The van der Waals surface area contributed by atoms with Crippen molar-refractivity contribution in [2.75, 3.05) is 12.0 Å². The van der Waals surface area contributed by atoms with Crippen LogP contribution in [0, 0.1) is 0 Å². The first kappa shape index (κ1) is 13.5. The van der Waals surface area contributed by atoms with Crippen LogP contribution in [0.5, 0.6) is 0 Å². The highest BCUT2D eigenvalue weighted by atomic mass is 32.2. The number of hydrogen-bond acceptors (Lipinski definition) is 5. The molecule has 1 atom stereocenters. The highest BCUT2D eigenvalue weighted by molar-refractivity contribution is 7.90. The molecule has 18 heavy (non-hydrogen) atoms. The standard InChI is InChI=1S/C12H16N2O2S2/c1-18(15,16)7-6-10(14-13)12-8-9-4-2-3-5-11(9)17-12/h2-5,8,10,14H,6-7,13H2,1H3. The first-order valence-electron chi connectivity index (χ1n) is 5.62. The van der Waals surface area contributed by atoms with E-state index in [0.29, 0.717) is 6.42 Å². The summed E-state index contributed by atoms with van der Waals surface area (Å²) in [6.45, 7) is 0. The molecule has 1 aromatic carbocycles. The van der Waals surface area contributed by atoms with Gasteiger partial charge in [-0.2, -0.15) is 0 Å².